The zero-order valence-corrected chi connectivity index (χ0v) is 25.6. The quantitative estimate of drug-likeness (QED) is 0.126. The van der Waals surface area contributed by atoms with Gasteiger partial charge >= 0.3 is 0 Å². The lowest BCUT2D eigenvalue weighted by molar-refractivity contribution is -0.0761. The Kier molecular flexibility index (Phi) is 10.1. The molecule has 216 valence electrons. The zero-order valence-electron chi connectivity index (χ0n) is 23.8. The van der Waals surface area contributed by atoms with E-state index in [1.165, 1.54) is 31.4 Å². The Morgan fingerprint density at radius 1 is 0.950 bits per heavy atom. The second kappa shape index (κ2) is 13.0. The first-order chi connectivity index (χ1) is 18.7. The van der Waals surface area contributed by atoms with E-state index in [2.05, 4.69) is 33.9 Å². The van der Waals surface area contributed by atoms with Crippen molar-refractivity contribution in [3.8, 4) is 11.5 Å². The highest BCUT2D eigenvalue weighted by atomic mass is 32.2. The van der Waals surface area contributed by atoms with Crippen molar-refractivity contribution in [2.75, 3.05) is 20.3 Å². The lowest BCUT2D eigenvalue weighted by Crippen LogP contribution is -2.44. The molecule has 0 bridgehead atoms. The highest BCUT2D eigenvalue weighted by molar-refractivity contribution is 7.89. The molecule has 0 heterocycles. The number of ether oxygens (including phenoxy) is 2. The second-order valence-electron chi connectivity index (χ2n) is 10.8. The Hall–Kier alpha value is -3.22. The summed E-state index contributed by atoms with van der Waals surface area (Å²) < 4.78 is 43.6. The fraction of sp³-hybridized carbons (Fsp3) is 0.345. The van der Waals surface area contributed by atoms with Crippen LogP contribution in [0.25, 0.3) is 0 Å². The number of carbonyl (C=O) groups excluding carboxylic acids is 1. The first-order valence-corrected chi connectivity index (χ1v) is 17.3. The van der Waals surface area contributed by atoms with Gasteiger partial charge in [0.15, 0.2) is 8.32 Å². The second-order valence-corrected chi connectivity index (χ2v) is 17.3. The third kappa shape index (κ3) is 8.15. The van der Waals surface area contributed by atoms with E-state index in [0.29, 0.717) is 30.1 Å². The molecule has 2 N–H and O–H groups in total. The van der Waals surface area contributed by atoms with Crippen LogP contribution in [0.2, 0.25) is 18.1 Å². The van der Waals surface area contributed by atoms with Gasteiger partial charge in [-0.2, -0.15) is 0 Å². The van der Waals surface area contributed by atoms with Crippen LogP contribution in [0.5, 0.6) is 11.5 Å². The van der Waals surface area contributed by atoms with Gasteiger partial charge in [0.05, 0.1) is 18.6 Å². The van der Waals surface area contributed by atoms with E-state index in [1.807, 2.05) is 35.2 Å². The van der Waals surface area contributed by atoms with Crippen molar-refractivity contribution in [3.63, 3.8) is 0 Å². The molecule has 9 nitrogen and oxygen atoms in total. The van der Waals surface area contributed by atoms with Crippen molar-refractivity contribution in [3.05, 3.63) is 89.5 Å². The lowest BCUT2D eigenvalue weighted by Gasteiger charge is -2.36. The molecule has 0 fully saturated rings. The molecule has 1 amide bonds. The van der Waals surface area contributed by atoms with E-state index in [4.69, 9.17) is 13.9 Å². The molecule has 11 heteroatoms. The highest BCUT2D eigenvalue weighted by Crippen LogP contribution is 2.36. The van der Waals surface area contributed by atoms with Crippen molar-refractivity contribution in [1.29, 1.82) is 0 Å². The SMILES string of the molecule is COc1ccc(S(=O)(=O)NN(O)C(=O)c2cccc(OCCO[Si](C)(C)C(C)(C)C)c2)c(Cc2ccccc2)c1. The summed E-state index contributed by atoms with van der Waals surface area (Å²) in [5.74, 6) is -0.0979. The monoisotopic (exact) mass is 586 g/mol. The van der Waals surface area contributed by atoms with E-state index in [-0.39, 0.29) is 27.3 Å². The number of methoxy groups -OCH3 is 1. The first kappa shape index (κ1) is 31.3. The maximum absolute atomic E-state index is 13.2. The molecule has 0 unspecified atom stereocenters. The first-order valence-electron chi connectivity index (χ1n) is 12.9. The smallest absolute Gasteiger partial charge is 0.293 e. The van der Waals surface area contributed by atoms with Crippen LogP contribution in [0.4, 0.5) is 0 Å². The predicted octanol–water partition coefficient (Wildman–Crippen LogP) is 5.41. The van der Waals surface area contributed by atoms with Gasteiger partial charge in [0.2, 0.25) is 0 Å². The number of benzene rings is 3. The number of hydrogen-bond donors (Lipinski definition) is 2. The normalized spacial score (nSPS) is 12.2. The maximum Gasteiger partial charge on any atom is 0.293 e. The van der Waals surface area contributed by atoms with E-state index < -0.39 is 24.2 Å². The van der Waals surface area contributed by atoms with Gasteiger partial charge in [-0.1, -0.05) is 62.0 Å². The third-order valence-electron chi connectivity index (χ3n) is 6.90. The van der Waals surface area contributed by atoms with Gasteiger partial charge in [-0.15, -0.1) is 5.17 Å². The van der Waals surface area contributed by atoms with Gasteiger partial charge in [0.1, 0.15) is 18.1 Å². The van der Waals surface area contributed by atoms with Crippen molar-refractivity contribution in [2.24, 2.45) is 0 Å². The zero-order chi connectivity index (χ0) is 29.6. The molecule has 0 saturated carbocycles. The molecule has 3 aromatic rings. The molecular formula is C29H38N2O7SSi. The van der Waals surface area contributed by atoms with E-state index in [0.717, 1.165) is 5.56 Å². The molecule has 0 aromatic heterocycles. The Bertz CT molecular complexity index is 1410. The van der Waals surface area contributed by atoms with E-state index in [9.17, 15) is 18.4 Å². The fourth-order valence-electron chi connectivity index (χ4n) is 3.62. The minimum Gasteiger partial charge on any atom is -0.497 e. The Balaban J connectivity index is 1.70. The van der Waals surface area contributed by atoms with E-state index in [1.54, 1.807) is 18.2 Å². The van der Waals surface area contributed by atoms with Crippen LogP contribution in [-0.4, -0.2) is 53.3 Å². The van der Waals surface area contributed by atoms with Crippen LogP contribution in [0.1, 0.15) is 42.3 Å². The number of carbonyl (C=O) groups is 1. The Morgan fingerprint density at radius 2 is 1.65 bits per heavy atom. The minimum atomic E-state index is -4.34. The van der Waals surface area contributed by atoms with Gasteiger partial charge in [-0.05, 0) is 72.1 Å². The van der Waals surface area contributed by atoms with Crippen LogP contribution in [0, 0.1) is 0 Å². The molecule has 40 heavy (non-hydrogen) atoms. The summed E-state index contributed by atoms with van der Waals surface area (Å²) in [4.78, 5) is 14.8. The summed E-state index contributed by atoms with van der Waals surface area (Å²) in [6.45, 7) is 11.4. The molecule has 0 atom stereocenters. The van der Waals surface area contributed by atoms with Crippen LogP contribution < -0.4 is 14.3 Å². The molecule has 3 aromatic carbocycles. The Labute approximate surface area is 237 Å². The van der Waals surface area contributed by atoms with Gasteiger partial charge in [-0.3, -0.25) is 10.0 Å². The van der Waals surface area contributed by atoms with Gasteiger partial charge in [-0.25, -0.2) is 8.42 Å². The molecule has 0 aliphatic rings. The molecule has 0 saturated heterocycles. The largest absolute Gasteiger partial charge is 0.497 e. The van der Waals surface area contributed by atoms with Crippen LogP contribution in [-0.2, 0) is 20.9 Å². The number of hydrogen-bond acceptors (Lipinski definition) is 7. The number of hydroxylamine groups is 1. The van der Waals surface area contributed by atoms with Crippen LogP contribution >= 0.6 is 0 Å². The fourth-order valence-corrected chi connectivity index (χ4v) is 5.78. The minimum absolute atomic E-state index is 0.0345. The predicted molar refractivity (Wildman–Crippen MR) is 156 cm³/mol. The summed E-state index contributed by atoms with van der Waals surface area (Å²) in [5.41, 5.74) is 1.36. The number of hydrazine groups is 1. The summed E-state index contributed by atoms with van der Waals surface area (Å²) in [6, 6.07) is 20.0. The molecule has 0 spiro atoms. The average molecular weight is 587 g/mol. The third-order valence-corrected chi connectivity index (χ3v) is 12.8. The number of amides is 1. The van der Waals surface area contributed by atoms with Crippen molar-refractivity contribution < 1.29 is 32.3 Å². The maximum atomic E-state index is 13.2. The van der Waals surface area contributed by atoms with Gasteiger partial charge in [0.25, 0.3) is 15.9 Å². The molecule has 0 radical (unpaired) electrons. The molecule has 0 aliphatic carbocycles. The van der Waals surface area contributed by atoms with Crippen LogP contribution in [0.15, 0.2) is 77.7 Å². The summed E-state index contributed by atoms with van der Waals surface area (Å²) in [5, 5.41) is 10.5. The number of sulfonamides is 1. The molecular weight excluding hydrogens is 548 g/mol. The standard InChI is InChI=1S/C29H38N2O7SSi/c1-29(2,3)40(5,6)38-18-17-37-26-14-10-13-23(20-26)28(32)31(33)30-39(34,35)27-16-15-25(36-4)21-24(27)19-22-11-8-7-9-12-22/h7-16,20-21,30,33H,17-19H2,1-6H3. The number of nitrogens with zero attached hydrogens (tertiary/aromatic N) is 1. The lowest BCUT2D eigenvalue weighted by atomic mass is 10.0. The summed E-state index contributed by atoms with van der Waals surface area (Å²) in [7, 11) is -4.76. The number of nitrogens with one attached hydrogen (secondary N) is 1. The molecule has 3 rings (SSSR count). The van der Waals surface area contributed by atoms with Crippen molar-refractivity contribution in [1.82, 2.24) is 10.0 Å². The van der Waals surface area contributed by atoms with Crippen LogP contribution in [0.3, 0.4) is 0 Å². The van der Waals surface area contributed by atoms with Crippen molar-refractivity contribution >= 4 is 24.2 Å². The topological polar surface area (TPSA) is 114 Å². The summed E-state index contributed by atoms with van der Waals surface area (Å²) in [6.07, 6.45) is 0.298. The summed E-state index contributed by atoms with van der Waals surface area (Å²) >= 11 is 0. The average Bonchev–Trinajstić information content (AvgIpc) is 2.90. The van der Waals surface area contributed by atoms with Crippen molar-refractivity contribution in [2.45, 2.75) is 50.2 Å². The van der Waals surface area contributed by atoms with E-state index >= 15 is 0 Å². The van der Waals surface area contributed by atoms with Gasteiger partial charge < -0.3 is 13.9 Å². The number of rotatable bonds is 12. The molecule has 0 aliphatic heterocycles. The Morgan fingerprint density at radius 3 is 2.30 bits per heavy atom. The van der Waals surface area contributed by atoms with Gasteiger partial charge in [0, 0.05) is 5.56 Å². The highest BCUT2D eigenvalue weighted by Gasteiger charge is 2.37.